The molecule has 0 bridgehead atoms. The van der Waals surface area contributed by atoms with Crippen molar-refractivity contribution in [3.8, 4) is 33.5 Å². The Labute approximate surface area is 302 Å². The van der Waals surface area contributed by atoms with Crippen molar-refractivity contribution in [1.29, 1.82) is 0 Å². The number of ether oxygens (including phenoxy) is 3. The minimum atomic E-state index is -0.381. The third-order valence-electron chi connectivity index (χ3n) is 8.97. The van der Waals surface area contributed by atoms with Crippen molar-refractivity contribution in [2.75, 3.05) is 19.5 Å². The van der Waals surface area contributed by atoms with E-state index in [1.807, 2.05) is 90.3 Å². The lowest BCUT2D eigenvalue weighted by Crippen LogP contribution is -2.40. The number of pyridine rings is 1. The van der Waals surface area contributed by atoms with Crippen molar-refractivity contribution in [3.05, 3.63) is 125 Å². The summed E-state index contributed by atoms with van der Waals surface area (Å²) in [6.45, 7) is 6.52. The molecule has 2 aromatic heterocycles. The van der Waals surface area contributed by atoms with E-state index in [2.05, 4.69) is 41.7 Å². The lowest BCUT2D eigenvalue weighted by Gasteiger charge is -2.34. The summed E-state index contributed by atoms with van der Waals surface area (Å²) in [5.41, 5.74) is 6.28. The Morgan fingerprint density at radius 2 is 1.67 bits per heavy atom. The van der Waals surface area contributed by atoms with Crippen molar-refractivity contribution in [1.82, 2.24) is 20.6 Å². The summed E-state index contributed by atoms with van der Waals surface area (Å²) in [7, 11) is 3.31. The summed E-state index contributed by atoms with van der Waals surface area (Å²) in [6.07, 6.45) is 6.52. The monoisotopic (exact) mass is 699 g/mol. The molecular weight excluding hydrogens is 659 g/mol. The molecule has 0 spiro atoms. The van der Waals surface area contributed by atoms with Crippen LogP contribution >= 0.6 is 11.3 Å². The quantitative estimate of drug-likeness (QED) is 0.125. The summed E-state index contributed by atoms with van der Waals surface area (Å²) < 4.78 is 18.0. The standard InChI is InChI=1S/C41H41N5O4S/c1-41(2,3)27-21-32(43-38(49-5)26-15-16-26)37(48-4)33(22-27)46-40(47)45-31-17-18-36(30-14-10-9-13-29(30)31)50-28-19-20-42-34(23-28)39-44-35(24-51-39)25-11-7-6-8-12-25/h6-14,17-20,22-24,32,43H,15-16,21H2,1-5H3,(H2,45,46,47). The summed E-state index contributed by atoms with van der Waals surface area (Å²) >= 11 is 1.54. The second kappa shape index (κ2) is 14.3. The van der Waals surface area contributed by atoms with Gasteiger partial charge >= 0.3 is 6.03 Å². The van der Waals surface area contributed by atoms with Crippen LogP contribution in [0, 0.1) is 5.41 Å². The third kappa shape index (κ3) is 7.61. The van der Waals surface area contributed by atoms with E-state index >= 15 is 0 Å². The highest BCUT2D eigenvalue weighted by Crippen LogP contribution is 2.39. The van der Waals surface area contributed by atoms with Gasteiger partial charge in [-0.15, -0.1) is 11.3 Å². The molecule has 0 aliphatic heterocycles. The first kappa shape index (κ1) is 33.9. The predicted octanol–water partition coefficient (Wildman–Crippen LogP) is 9.78. The maximum Gasteiger partial charge on any atom is 0.323 e. The maximum absolute atomic E-state index is 13.6. The Hall–Kier alpha value is -5.61. The van der Waals surface area contributed by atoms with Gasteiger partial charge < -0.3 is 30.2 Å². The number of fused-ring (bicyclic) bond motifs is 1. The number of methoxy groups -OCH3 is 2. The summed E-state index contributed by atoms with van der Waals surface area (Å²) in [5.74, 6) is 2.72. The number of benzene rings is 3. The number of anilines is 1. The first-order valence-corrected chi connectivity index (χ1v) is 17.8. The van der Waals surface area contributed by atoms with Gasteiger partial charge in [0.2, 0.25) is 0 Å². The number of thiazole rings is 1. The summed E-state index contributed by atoms with van der Waals surface area (Å²) in [4.78, 5) is 23.0. The van der Waals surface area contributed by atoms with Gasteiger partial charge in [0.05, 0.1) is 37.3 Å². The van der Waals surface area contributed by atoms with E-state index in [-0.39, 0.29) is 17.5 Å². The molecule has 1 fully saturated rings. The van der Waals surface area contributed by atoms with Gasteiger partial charge in [-0.05, 0) is 54.5 Å². The Kier molecular flexibility index (Phi) is 9.51. The van der Waals surface area contributed by atoms with E-state index in [9.17, 15) is 4.79 Å². The van der Waals surface area contributed by atoms with E-state index in [0.717, 1.165) is 57.9 Å². The van der Waals surface area contributed by atoms with Gasteiger partial charge in [0, 0.05) is 34.0 Å². The number of hydrogen-bond donors (Lipinski definition) is 3. The zero-order chi connectivity index (χ0) is 35.5. The van der Waals surface area contributed by atoms with Crippen LogP contribution in [0.2, 0.25) is 0 Å². The number of nitrogens with zero attached hydrogens (tertiary/aromatic N) is 2. The minimum absolute atomic E-state index is 0.116. The average Bonchev–Trinajstić information content (AvgIpc) is 3.86. The van der Waals surface area contributed by atoms with Crippen LogP contribution in [0.25, 0.3) is 32.7 Å². The molecule has 2 aliphatic carbocycles. The second-order valence-electron chi connectivity index (χ2n) is 13.6. The highest BCUT2D eigenvalue weighted by Gasteiger charge is 2.33. The highest BCUT2D eigenvalue weighted by atomic mass is 32.1. The Balaban J connectivity index is 1.11. The van der Waals surface area contributed by atoms with Gasteiger partial charge in [0.1, 0.15) is 28.0 Å². The summed E-state index contributed by atoms with van der Waals surface area (Å²) in [5, 5.41) is 14.2. The van der Waals surface area contributed by atoms with Gasteiger partial charge in [0.15, 0.2) is 5.88 Å². The fraction of sp³-hybridized carbons (Fsp3) is 0.244. The van der Waals surface area contributed by atoms with Crippen molar-refractivity contribution in [2.45, 2.75) is 46.1 Å². The zero-order valence-corrected chi connectivity index (χ0v) is 30.2. The highest BCUT2D eigenvalue weighted by molar-refractivity contribution is 7.13. The topological polar surface area (TPSA) is 107 Å². The Morgan fingerprint density at radius 3 is 2.39 bits per heavy atom. The number of hydrogen-bond acceptors (Lipinski definition) is 8. The largest absolute Gasteiger partial charge is 0.497 e. The van der Waals surface area contributed by atoms with Crippen LogP contribution in [0.1, 0.15) is 40.0 Å². The van der Waals surface area contributed by atoms with E-state index in [1.165, 1.54) is 11.1 Å². The average molecular weight is 700 g/mol. The molecule has 260 valence electrons. The number of nitrogens with one attached hydrogen (secondary N) is 3. The number of amides is 2. The summed E-state index contributed by atoms with van der Waals surface area (Å²) in [6, 6.07) is 24.8. The molecule has 3 N–H and O–H groups in total. The molecule has 1 unspecified atom stereocenters. The molecule has 9 nitrogen and oxygen atoms in total. The van der Waals surface area contributed by atoms with Gasteiger partial charge in [-0.2, -0.15) is 0 Å². The van der Waals surface area contributed by atoms with Gasteiger partial charge in [0.25, 0.3) is 0 Å². The van der Waals surface area contributed by atoms with Gasteiger partial charge in [-0.1, -0.05) is 80.9 Å². The van der Waals surface area contributed by atoms with Gasteiger partial charge in [-0.25, -0.2) is 9.78 Å². The van der Waals surface area contributed by atoms with Crippen LogP contribution in [0.5, 0.6) is 11.5 Å². The second-order valence-corrected chi connectivity index (χ2v) is 14.4. The molecule has 3 aromatic carbocycles. The molecule has 5 aromatic rings. The predicted molar refractivity (Wildman–Crippen MR) is 203 cm³/mol. The minimum Gasteiger partial charge on any atom is -0.497 e. The Morgan fingerprint density at radius 1 is 0.902 bits per heavy atom. The Bertz CT molecular complexity index is 2180. The molecule has 51 heavy (non-hydrogen) atoms. The molecule has 0 saturated heterocycles. The maximum atomic E-state index is 13.6. The van der Waals surface area contributed by atoms with Crippen molar-refractivity contribution >= 4 is 33.8 Å². The molecule has 1 saturated carbocycles. The van der Waals surface area contributed by atoms with Crippen molar-refractivity contribution < 1.29 is 19.0 Å². The first-order chi connectivity index (χ1) is 24.7. The van der Waals surface area contributed by atoms with Crippen LogP contribution in [-0.2, 0) is 9.47 Å². The molecule has 10 heteroatoms. The number of carbonyl (C=O) groups is 1. The SMILES string of the molecule is COC(NC1CC(C(C)(C)C)=CC(NC(=O)Nc2ccc(Oc3ccnc(-c4nc(-c5ccccc5)cs4)c3)c3ccccc23)=C1OC)=C1CC1. The van der Waals surface area contributed by atoms with E-state index < -0.39 is 0 Å². The van der Waals surface area contributed by atoms with Crippen LogP contribution < -0.4 is 20.7 Å². The van der Waals surface area contributed by atoms with Crippen LogP contribution in [0.15, 0.2) is 125 Å². The molecular formula is C41H41N5O4S. The number of aromatic nitrogens is 2. The molecule has 7 rings (SSSR count). The molecule has 1 atom stereocenters. The third-order valence-corrected chi connectivity index (χ3v) is 9.84. The van der Waals surface area contributed by atoms with E-state index in [4.69, 9.17) is 19.2 Å². The first-order valence-electron chi connectivity index (χ1n) is 17.0. The van der Waals surface area contributed by atoms with E-state index in [0.29, 0.717) is 28.6 Å². The van der Waals surface area contributed by atoms with Crippen LogP contribution in [-0.4, -0.2) is 36.3 Å². The van der Waals surface area contributed by atoms with Crippen molar-refractivity contribution in [2.24, 2.45) is 5.41 Å². The number of allylic oxidation sites excluding steroid dienone is 2. The number of urea groups is 1. The smallest absolute Gasteiger partial charge is 0.323 e. The number of carbonyl (C=O) groups excluding carboxylic acids is 1. The lowest BCUT2D eigenvalue weighted by atomic mass is 9.79. The number of rotatable bonds is 10. The molecule has 2 heterocycles. The van der Waals surface area contributed by atoms with Crippen molar-refractivity contribution in [3.63, 3.8) is 0 Å². The van der Waals surface area contributed by atoms with Crippen LogP contribution in [0.4, 0.5) is 10.5 Å². The van der Waals surface area contributed by atoms with Gasteiger partial charge in [-0.3, -0.25) is 4.98 Å². The molecule has 2 aliphatic rings. The van der Waals surface area contributed by atoms with Crippen LogP contribution in [0.3, 0.4) is 0 Å². The lowest BCUT2D eigenvalue weighted by molar-refractivity contribution is 0.206. The fourth-order valence-corrected chi connectivity index (χ4v) is 6.94. The normalized spacial score (nSPS) is 15.6. The zero-order valence-electron chi connectivity index (χ0n) is 29.4. The molecule has 2 amide bonds. The van der Waals surface area contributed by atoms with E-state index in [1.54, 1.807) is 31.8 Å². The fourth-order valence-electron chi connectivity index (χ4n) is 6.14. The molecule has 0 radical (unpaired) electrons.